The first-order valence-electron chi connectivity index (χ1n) is 7.17. The lowest BCUT2D eigenvalue weighted by Gasteiger charge is -2.32. The summed E-state index contributed by atoms with van der Waals surface area (Å²) >= 11 is 0. The third-order valence-electron chi connectivity index (χ3n) is 3.65. The van der Waals surface area contributed by atoms with Crippen molar-refractivity contribution in [1.82, 2.24) is 20.1 Å². The summed E-state index contributed by atoms with van der Waals surface area (Å²) in [5.41, 5.74) is 2.18. The molecule has 1 saturated heterocycles. The largest absolute Gasteiger partial charge is 0.353 e. The number of aryl methyl sites for hydroxylation is 1. The molecule has 3 rings (SSSR count). The lowest BCUT2D eigenvalue weighted by molar-refractivity contribution is 0.312. The number of likely N-dealkylation sites (N-methyl/N-ethyl adjacent to an activating group) is 1. The highest BCUT2D eigenvalue weighted by molar-refractivity contribution is 5.55. The molecule has 1 fully saturated rings. The van der Waals surface area contributed by atoms with Gasteiger partial charge >= 0.3 is 0 Å². The van der Waals surface area contributed by atoms with Crippen LogP contribution in [-0.4, -0.2) is 53.3 Å². The Balaban J connectivity index is 1.74. The number of anilines is 3. The molecule has 1 N–H and O–H groups in total. The molecular weight excluding hydrogens is 264 g/mol. The van der Waals surface area contributed by atoms with E-state index in [0.717, 1.165) is 37.7 Å². The van der Waals surface area contributed by atoms with Crippen LogP contribution in [0.25, 0.3) is 0 Å². The van der Waals surface area contributed by atoms with Crippen LogP contribution in [0.4, 0.5) is 17.5 Å². The first-order valence-corrected chi connectivity index (χ1v) is 7.17. The number of hydrogen-bond acceptors (Lipinski definition) is 6. The van der Waals surface area contributed by atoms with Gasteiger partial charge in [0.2, 0.25) is 5.95 Å². The van der Waals surface area contributed by atoms with Crippen molar-refractivity contribution in [2.24, 2.45) is 0 Å². The number of nitrogens with one attached hydrogen (secondary N) is 1. The van der Waals surface area contributed by atoms with Gasteiger partial charge in [-0.3, -0.25) is 0 Å². The normalized spacial score (nSPS) is 16.0. The Bertz CT molecular complexity index is 607. The van der Waals surface area contributed by atoms with Crippen molar-refractivity contribution in [3.05, 3.63) is 36.0 Å². The zero-order valence-corrected chi connectivity index (χ0v) is 12.5. The van der Waals surface area contributed by atoms with Crippen LogP contribution in [0.1, 0.15) is 5.56 Å². The molecule has 0 amide bonds. The molecule has 21 heavy (non-hydrogen) atoms. The molecule has 1 aliphatic heterocycles. The van der Waals surface area contributed by atoms with E-state index >= 15 is 0 Å². The third-order valence-corrected chi connectivity index (χ3v) is 3.65. The quantitative estimate of drug-likeness (QED) is 0.925. The van der Waals surface area contributed by atoms with Crippen molar-refractivity contribution in [1.29, 1.82) is 0 Å². The summed E-state index contributed by atoms with van der Waals surface area (Å²) < 4.78 is 0. The van der Waals surface area contributed by atoms with Crippen molar-refractivity contribution >= 4 is 17.5 Å². The standard InChI is InChI=1S/C15H20N6/c1-12-4-3-5-13(10-12)17-15-18-14(11-16-19-15)21-8-6-20(2)7-9-21/h3-5,10-11H,6-9H2,1-2H3,(H,17,18,19). The van der Waals surface area contributed by atoms with E-state index in [9.17, 15) is 0 Å². The molecule has 1 aromatic heterocycles. The minimum atomic E-state index is 0.539. The van der Waals surface area contributed by atoms with Crippen LogP contribution in [0, 0.1) is 6.92 Å². The zero-order valence-electron chi connectivity index (χ0n) is 12.5. The predicted octanol–water partition coefficient (Wildman–Crippen LogP) is 1.68. The van der Waals surface area contributed by atoms with Crippen LogP contribution in [0.2, 0.25) is 0 Å². The molecule has 1 aliphatic rings. The SMILES string of the molecule is Cc1cccc(Nc2nncc(N3CCN(C)CC3)n2)c1. The van der Waals surface area contributed by atoms with Crippen molar-refractivity contribution in [2.75, 3.05) is 43.4 Å². The second-order valence-electron chi connectivity index (χ2n) is 5.42. The van der Waals surface area contributed by atoms with Crippen molar-refractivity contribution in [2.45, 2.75) is 6.92 Å². The van der Waals surface area contributed by atoms with Gasteiger partial charge in [-0.2, -0.15) is 10.1 Å². The van der Waals surface area contributed by atoms with Gasteiger partial charge in [0.1, 0.15) is 0 Å². The number of rotatable bonds is 3. The van der Waals surface area contributed by atoms with E-state index in [4.69, 9.17) is 0 Å². The minimum Gasteiger partial charge on any atom is -0.353 e. The Labute approximate surface area is 124 Å². The Kier molecular flexibility index (Phi) is 3.96. The van der Waals surface area contributed by atoms with Gasteiger partial charge in [-0.15, -0.1) is 5.10 Å². The highest BCUT2D eigenvalue weighted by Crippen LogP contribution is 2.17. The average molecular weight is 284 g/mol. The van der Waals surface area contributed by atoms with E-state index in [2.05, 4.69) is 56.4 Å². The number of piperazine rings is 1. The van der Waals surface area contributed by atoms with Crippen LogP contribution in [0.5, 0.6) is 0 Å². The summed E-state index contributed by atoms with van der Waals surface area (Å²) in [4.78, 5) is 9.13. The monoisotopic (exact) mass is 284 g/mol. The second-order valence-corrected chi connectivity index (χ2v) is 5.42. The Morgan fingerprint density at radius 3 is 2.71 bits per heavy atom. The highest BCUT2D eigenvalue weighted by Gasteiger charge is 2.16. The van der Waals surface area contributed by atoms with Gasteiger partial charge in [0, 0.05) is 31.9 Å². The van der Waals surface area contributed by atoms with Gasteiger partial charge < -0.3 is 15.1 Å². The fourth-order valence-electron chi connectivity index (χ4n) is 2.39. The van der Waals surface area contributed by atoms with Gasteiger partial charge in [0.05, 0.1) is 6.20 Å². The molecule has 0 bridgehead atoms. The summed E-state index contributed by atoms with van der Waals surface area (Å²) in [7, 11) is 2.14. The maximum absolute atomic E-state index is 4.57. The summed E-state index contributed by atoms with van der Waals surface area (Å²) in [6, 6.07) is 8.13. The summed E-state index contributed by atoms with van der Waals surface area (Å²) in [5.74, 6) is 1.42. The Morgan fingerprint density at radius 1 is 1.14 bits per heavy atom. The van der Waals surface area contributed by atoms with Gasteiger partial charge in [0.25, 0.3) is 0 Å². The molecule has 0 saturated carbocycles. The highest BCUT2D eigenvalue weighted by atomic mass is 15.3. The van der Waals surface area contributed by atoms with E-state index in [1.165, 1.54) is 5.56 Å². The lowest BCUT2D eigenvalue weighted by Crippen LogP contribution is -2.44. The van der Waals surface area contributed by atoms with Crippen LogP contribution < -0.4 is 10.2 Å². The topological polar surface area (TPSA) is 57.2 Å². The molecule has 1 aromatic carbocycles. The fourth-order valence-corrected chi connectivity index (χ4v) is 2.39. The lowest BCUT2D eigenvalue weighted by atomic mass is 10.2. The zero-order chi connectivity index (χ0) is 14.7. The van der Waals surface area contributed by atoms with E-state index in [0.29, 0.717) is 5.95 Å². The van der Waals surface area contributed by atoms with Gasteiger partial charge in [-0.1, -0.05) is 12.1 Å². The van der Waals surface area contributed by atoms with E-state index in [1.807, 2.05) is 12.1 Å². The van der Waals surface area contributed by atoms with Crippen molar-refractivity contribution in [3.8, 4) is 0 Å². The molecular formula is C15H20N6. The first kappa shape index (κ1) is 13.8. The summed E-state index contributed by atoms with van der Waals surface area (Å²) in [5, 5.41) is 11.3. The number of hydrogen-bond donors (Lipinski definition) is 1. The predicted molar refractivity (Wildman–Crippen MR) is 84.0 cm³/mol. The average Bonchev–Trinajstić information content (AvgIpc) is 2.48. The van der Waals surface area contributed by atoms with Crippen LogP contribution in [0.3, 0.4) is 0 Å². The molecule has 2 heterocycles. The molecule has 6 nitrogen and oxygen atoms in total. The Morgan fingerprint density at radius 2 is 1.95 bits per heavy atom. The molecule has 0 radical (unpaired) electrons. The van der Waals surface area contributed by atoms with Crippen molar-refractivity contribution in [3.63, 3.8) is 0 Å². The summed E-state index contributed by atoms with van der Waals surface area (Å²) in [6.45, 7) is 6.10. The number of nitrogens with zero attached hydrogens (tertiary/aromatic N) is 5. The van der Waals surface area contributed by atoms with Crippen LogP contribution in [-0.2, 0) is 0 Å². The molecule has 0 aliphatic carbocycles. The van der Waals surface area contributed by atoms with Gasteiger partial charge in [-0.25, -0.2) is 0 Å². The van der Waals surface area contributed by atoms with Crippen molar-refractivity contribution < 1.29 is 0 Å². The molecule has 2 aromatic rings. The Hall–Kier alpha value is -2.21. The molecule has 0 unspecified atom stereocenters. The van der Waals surface area contributed by atoms with E-state index in [-0.39, 0.29) is 0 Å². The van der Waals surface area contributed by atoms with Crippen LogP contribution in [0.15, 0.2) is 30.5 Å². The number of benzene rings is 1. The maximum Gasteiger partial charge on any atom is 0.249 e. The fraction of sp³-hybridized carbons (Fsp3) is 0.400. The van der Waals surface area contributed by atoms with E-state index in [1.54, 1.807) is 6.20 Å². The molecule has 0 spiro atoms. The first-order chi connectivity index (χ1) is 10.2. The van der Waals surface area contributed by atoms with E-state index < -0.39 is 0 Å². The molecule has 110 valence electrons. The van der Waals surface area contributed by atoms with Gasteiger partial charge in [0.15, 0.2) is 5.82 Å². The number of aromatic nitrogens is 3. The minimum absolute atomic E-state index is 0.539. The summed E-state index contributed by atoms with van der Waals surface area (Å²) in [6.07, 6.45) is 1.73. The smallest absolute Gasteiger partial charge is 0.249 e. The second kappa shape index (κ2) is 6.05. The molecule has 0 atom stereocenters. The van der Waals surface area contributed by atoms with Crippen LogP contribution >= 0.6 is 0 Å². The van der Waals surface area contributed by atoms with Gasteiger partial charge in [-0.05, 0) is 31.7 Å². The molecule has 6 heteroatoms. The third kappa shape index (κ3) is 3.46. The maximum atomic E-state index is 4.57.